The van der Waals surface area contributed by atoms with Crippen LogP contribution < -0.4 is 10.1 Å². The second kappa shape index (κ2) is 9.53. The van der Waals surface area contributed by atoms with E-state index in [-0.39, 0.29) is 11.6 Å². The molecule has 4 aromatic rings. The van der Waals surface area contributed by atoms with Crippen LogP contribution in [0, 0.1) is 29.8 Å². The van der Waals surface area contributed by atoms with Gasteiger partial charge >= 0.3 is 5.69 Å². The van der Waals surface area contributed by atoms with Gasteiger partial charge in [-0.3, -0.25) is 19.6 Å². The van der Waals surface area contributed by atoms with Crippen molar-refractivity contribution in [3.05, 3.63) is 111 Å². The van der Waals surface area contributed by atoms with Crippen molar-refractivity contribution < 1.29 is 18.8 Å². The lowest BCUT2D eigenvalue weighted by atomic mass is 10.1. The fourth-order valence-electron chi connectivity index (χ4n) is 3.55. The van der Waals surface area contributed by atoms with Crippen LogP contribution in [0.4, 0.5) is 15.8 Å². The van der Waals surface area contributed by atoms with E-state index in [2.05, 4.69) is 10.4 Å². The van der Waals surface area contributed by atoms with Gasteiger partial charge in [0.25, 0.3) is 5.91 Å². The third-order valence-corrected chi connectivity index (χ3v) is 5.23. The Morgan fingerprint density at radius 3 is 2.50 bits per heavy atom. The van der Waals surface area contributed by atoms with Gasteiger partial charge in [0, 0.05) is 11.6 Å². The summed E-state index contributed by atoms with van der Waals surface area (Å²) in [7, 11) is 0. The number of aromatic nitrogens is 2. The number of ether oxygens (including phenoxy) is 1. The second-order valence-electron chi connectivity index (χ2n) is 7.64. The Kier molecular flexibility index (Phi) is 6.35. The van der Waals surface area contributed by atoms with Crippen LogP contribution >= 0.6 is 0 Å². The number of nitrogens with one attached hydrogen (secondary N) is 1. The summed E-state index contributed by atoms with van der Waals surface area (Å²) in [5.41, 5.74) is 2.54. The van der Waals surface area contributed by atoms with Crippen LogP contribution in [0.25, 0.3) is 0 Å². The number of nitro groups is 1. The first-order valence-corrected chi connectivity index (χ1v) is 10.4. The van der Waals surface area contributed by atoms with Gasteiger partial charge in [0.05, 0.1) is 17.2 Å². The lowest BCUT2D eigenvalue weighted by molar-refractivity contribution is -0.386. The summed E-state index contributed by atoms with van der Waals surface area (Å²) in [6.07, 6.45) is 0. The fourth-order valence-corrected chi connectivity index (χ4v) is 3.55. The Morgan fingerprint density at radius 2 is 1.82 bits per heavy atom. The molecular weight excluding hydrogens is 439 g/mol. The second-order valence-corrected chi connectivity index (χ2v) is 7.64. The number of halogens is 1. The molecule has 0 spiro atoms. The predicted octanol–water partition coefficient (Wildman–Crippen LogP) is 5.64. The molecule has 0 aliphatic carbocycles. The highest BCUT2D eigenvalue weighted by Gasteiger charge is 2.21. The number of aryl methyl sites for hydroxylation is 1. The van der Waals surface area contributed by atoms with E-state index in [1.807, 2.05) is 0 Å². The molecule has 4 rings (SSSR count). The molecule has 1 N–H and O–H groups in total. The number of nitrogens with zero attached hydrogens (tertiary/aromatic N) is 3. The summed E-state index contributed by atoms with van der Waals surface area (Å²) in [6.45, 7) is 3.60. The summed E-state index contributed by atoms with van der Waals surface area (Å²) in [5, 5.41) is 18.3. The molecule has 34 heavy (non-hydrogen) atoms. The average molecular weight is 460 g/mol. The fraction of sp³-hybridized carbons (Fsp3) is 0.120. The maximum Gasteiger partial charge on any atom is 0.312 e. The van der Waals surface area contributed by atoms with Gasteiger partial charge < -0.3 is 10.1 Å². The van der Waals surface area contributed by atoms with Crippen LogP contribution in [-0.2, 0) is 6.54 Å². The normalized spacial score (nSPS) is 10.7. The first-order chi connectivity index (χ1) is 16.3. The van der Waals surface area contributed by atoms with Gasteiger partial charge in [-0.25, -0.2) is 4.39 Å². The van der Waals surface area contributed by atoms with E-state index in [1.165, 1.54) is 18.2 Å². The Labute approximate surface area is 194 Å². The number of carbonyl (C=O) groups is 1. The molecule has 0 saturated heterocycles. The first kappa shape index (κ1) is 22.7. The zero-order chi connectivity index (χ0) is 24.2. The molecule has 0 bridgehead atoms. The van der Waals surface area contributed by atoms with Crippen LogP contribution in [0.3, 0.4) is 0 Å². The van der Waals surface area contributed by atoms with Crippen LogP contribution in [0.15, 0.2) is 72.8 Å². The highest BCUT2D eigenvalue weighted by molar-refractivity contribution is 6.05. The molecule has 0 radical (unpaired) electrons. The Morgan fingerprint density at radius 1 is 1.09 bits per heavy atom. The molecule has 1 amide bonds. The molecule has 8 nitrogen and oxygen atoms in total. The molecular formula is C25H21FN4O4. The van der Waals surface area contributed by atoms with E-state index in [0.29, 0.717) is 40.7 Å². The van der Waals surface area contributed by atoms with Gasteiger partial charge in [0.15, 0.2) is 5.75 Å². The lowest BCUT2D eigenvalue weighted by Gasteiger charge is -2.12. The van der Waals surface area contributed by atoms with Crippen molar-refractivity contribution in [1.82, 2.24) is 9.78 Å². The zero-order valence-corrected chi connectivity index (χ0v) is 18.5. The quantitative estimate of drug-likeness (QED) is 0.284. The highest BCUT2D eigenvalue weighted by atomic mass is 19.1. The summed E-state index contributed by atoms with van der Waals surface area (Å²) in [6, 6.07) is 19.5. The molecule has 0 unspecified atom stereocenters. The minimum atomic E-state index is -0.433. The van der Waals surface area contributed by atoms with Gasteiger partial charge in [-0.2, -0.15) is 5.10 Å². The molecule has 1 aromatic heterocycles. The van der Waals surface area contributed by atoms with Crippen molar-refractivity contribution in [2.24, 2.45) is 0 Å². The average Bonchev–Trinajstić information content (AvgIpc) is 3.08. The number of para-hydroxylation sites is 2. The molecule has 3 aromatic carbocycles. The van der Waals surface area contributed by atoms with Crippen LogP contribution in [0.1, 0.15) is 27.3 Å². The van der Waals surface area contributed by atoms with Crippen LogP contribution in [0.5, 0.6) is 11.5 Å². The smallest absolute Gasteiger partial charge is 0.312 e. The first-order valence-electron chi connectivity index (χ1n) is 10.4. The molecule has 0 aliphatic rings. The molecule has 0 saturated carbocycles. The highest BCUT2D eigenvalue weighted by Crippen LogP contribution is 2.30. The summed E-state index contributed by atoms with van der Waals surface area (Å²) < 4.78 is 20.8. The number of benzene rings is 3. The maximum atomic E-state index is 13.5. The predicted molar refractivity (Wildman–Crippen MR) is 125 cm³/mol. The largest absolute Gasteiger partial charge is 0.455 e. The number of anilines is 1. The van der Waals surface area contributed by atoms with Crippen LogP contribution in [-0.4, -0.2) is 20.6 Å². The summed E-state index contributed by atoms with van der Waals surface area (Å²) in [5.74, 6) is -0.0718. The standard InChI is InChI=1S/C25H21FN4O4/c1-16-24(30(32)33)17(2)29(28-16)15-18-10-12-19(13-11-18)25(31)27-22-8-3-4-9-23(22)34-21-7-5-6-20(26)14-21/h3-14H,15H2,1-2H3,(H,27,31). The van der Waals surface area contributed by atoms with E-state index in [9.17, 15) is 19.3 Å². The molecule has 0 fully saturated rings. The topological polar surface area (TPSA) is 99.3 Å². The Bertz CT molecular complexity index is 1370. The van der Waals surface area contributed by atoms with Crippen LogP contribution in [0.2, 0.25) is 0 Å². The van der Waals surface area contributed by atoms with Crippen molar-refractivity contribution in [1.29, 1.82) is 0 Å². The van der Waals surface area contributed by atoms with Gasteiger partial charge in [-0.05, 0) is 55.8 Å². The van der Waals surface area contributed by atoms with Crippen molar-refractivity contribution in [3.63, 3.8) is 0 Å². The Hall–Kier alpha value is -4.53. The van der Waals surface area contributed by atoms with E-state index in [0.717, 1.165) is 5.56 Å². The molecule has 0 aliphatic heterocycles. The zero-order valence-electron chi connectivity index (χ0n) is 18.5. The van der Waals surface area contributed by atoms with Crippen molar-refractivity contribution in [2.75, 3.05) is 5.32 Å². The number of hydrogen-bond acceptors (Lipinski definition) is 5. The third-order valence-electron chi connectivity index (χ3n) is 5.23. The molecule has 172 valence electrons. The van der Waals surface area contributed by atoms with Gasteiger partial charge in [0.1, 0.15) is 23.0 Å². The monoisotopic (exact) mass is 460 g/mol. The maximum absolute atomic E-state index is 13.5. The molecule has 0 atom stereocenters. The number of hydrogen-bond donors (Lipinski definition) is 1. The van der Waals surface area contributed by atoms with E-state index in [1.54, 1.807) is 73.1 Å². The molecule has 1 heterocycles. The van der Waals surface area contributed by atoms with E-state index < -0.39 is 10.7 Å². The molecule has 9 heteroatoms. The van der Waals surface area contributed by atoms with E-state index >= 15 is 0 Å². The number of amides is 1. The minimum Gasteiger partial charge on any atom is -0.455 e. The van der Waals surface area contributed by atoms with Gasteiger partial charge in [-0.15, -0.1) is 0 Å². The van der Waals surface area contributed by atoms with E-state index in [4.69, 9.17) is 4.74 Å². The SMILES string of the molecule is Cc1nn(Cc2ccc(C(=O)Nc3ccccc3Oc3cccc(F)c3)cc2)c(C)c1[N+](=O)[O-]. The van der Waals surface area contributed by atoms with Crippen molar-refractivity contribution >= 4 is 17.3 Å². The van der Waals surface area contributed by atoms with Gasteiger partial charge in [-0.1, -0.05) is 30.3 Å². The summed E-state index contributed by atoms with van der Waals surface area (Å²) >= 11 is 0. The van der Waals surface area contributed by atoms with Gasteiger partial charge in [0.2, 0.25) is 0 Å². The number of carbonyl (C=O) groups excluding carboxylic acids is 1. The minimum absolute atomic E-state index is 0.00937. The number of rotatable bonds is 7. The summed E-state index contributed by atoms with van der Waals surface area (Å²) in [4.78, 5) is 23.6. The van der Waals surface area contributed by atoms with Crippen molar-refractivity contribution in [3.8, 4) is 11.5 Å². The Balaban J connectivity index is 1.47. The van der Waals surface area contributed by atoms with Crippen molar-refractivity contribution in [2.45, 2.75) is 20.4 Å². The third kappa shape index (κ3) is 4.93. The lowest BCUT2D eigenvalue weighted by Crippen LogP contribution is -2.13.